The number of carbonyl (C=O) groups excluding carboxylic acids is 1. The number of rotatable bonds is 7. The summed E-state index contributed by atoms with van der Waals surface area (Å²) in [7, 11) is 3.76. The number of nitrogens with one attached hydrogen (secondary N) is 1. The Morgan fingerprint density at radius 2 is 1.80 bits per heavy atom. The number of benzene rings is 1. The first-order valence-corrected chi connectivity index (χ1v) is 7.55. The molecule has 1 rings (SSSR count). The molecule has 1 N–H and O–H groups in total. The first-order chi connectivity index (χ1) is 9.51. The minimum Gasteiger partial charge on any atom is -0.344 e. The van der Waals surface area contributed by atoms with Gasteiger partial charge in [-0.2, -0.15) is 0 Å². The molecule has 0 aliphatic carbocycles. The van der Waals surface area contributed by atoms with Crippen LogP contribution in [0.3, 0.4) is 0 Å². The van der Waals surface area contributed by atoms with Crippen molar-refractivity contribution in [2.75, 3.05) is 27.2 Å². The Balaban J connectivity index is 3.07. The van der Waals surface area contributed by atoms with E-state index in [1.54, 1.807) is 0 Å². The maximum absolute atomic E-state index is 12.9. The SMILES string of the molecule is CCC(CC)(C(=O)N(C)CCNC)c1ccc(Cl)cc1. The number of hydrogen-bond acceptors (Lipinski definition) is 2. The minimum atomic E-state index is -0.451. The zero-order valence-electron chi connectivity index (χ0n) is 12.9. The second-order valence-corrected chi connectivity index (χ2v) is 5.56. The van der Waals surface area contributed by atoms with Crippen LogP contribution in [0, 0.1) is 0 Å². The molecule has 0 aliphatic rings. The molecule has 0 fully saturated rings. The zero-order chi connectivity index (χ0) is 15.2. The van der Waals surface area contributed by atoms with Crippen LogP contribution in [-0.4, -0.2) is 38.0 Å². The molecule has 0 atom stereocenters. The third-order valence-electron chi connectivity index (χ3n) is 4.06. The quantitative estimate of drug-likeness (QED) is 0.839. The molecule has 0 spiro atoms. The third kappa shape index (κ3) is 3.53. The number of halogens is 1. The Labute approximate surface area is 127 Å². The molecule has 0 radical (unpaired) electrons. The molecule has 3 nitrogen and oxygen atoms in total. The smallest absolute Gasteiger partial charge is 0.232 e. The summed E-state index contributed by atoms with van der Waals surface area (Å²) in [4.78, 5) is 14.7. The Bertz CT molecular complexity index is 427. The maximum atomic E-state index is 12.9. The van der Waals surface area contributed by atoms with Crippen LogP contribution in [0.15, 0.2) is 24.3 Å². The Kier molecular flexibility index (Phi) is 6.50. The molecule has 0 unspecified atom stereocenters. The van der Waals surface area contributed by atoms with Gasteiger partial charge in [-0.15, -0.1) is 0 Å². The van der Waals surface area contributed by atoms with Crippen molar-refractivity contribution in [1.82, 2.24) is 10.2 Å². The first kappa shape index (κ1) is 17.0. The van der Waals surface area contributed by atoms with Crippen LogP contribution in [0.1, 0.15) is 32.3 Å². The van der Waals surface area contributed by atoms with E-state index in [4.69, 9.17) is 11.6 Å². The van der Waals surface area contributed by atoms with Gasteiger partial charge in [-0.1, -0.05) is 37.6 Å². The van der Waals surface area contributed by atoms with Gasteiger partial charge in [0, 0.05) is 25.2 Å². The van der Waals surface area contributed by atoms with E-state index < -0.39 is 5.41 Å². The number of carbonyl (C=O) groups is 1. The Hall–Kier alpha value is -1.06. The van der Waals surface area contributed by atoms with Crippen LogP contribution >= 0.6 is 11.6 Å². The van der Waals surface area contributed by atoms with Crippen molar-refractivity contribution in [1.29, 1.82) is 0 Å². The average Bonchev–Trinajstić information content (AvgIpc) is 2.48. The summed E-state index contributed by atoms with van der Waals surface area (Å²) >= 11 is 5.96. The standard InChI is InChI=1S/C16H25ClN2O/c1-5-16(6-2,13-7-9-14(17)10-8-13)15(20)19(4)12-11-18-3/h7-10,18H,5-6,11-12H2,1-4H3. The van der Waals surface area contributed by atoms with E-state index in [0.717, 1.165) is 24.9 Å². The summed E-state index contributed by atoms with van der Waals surface area (Å²) < 4.78 is 0. The van der Waals surface area contributed by atoms with Crippen LogP contribution in [0.5, 0.6) is 0 Å². The lowest BCUT2D eigenvalue weighted by atomic mass is 9.74. The van der Waals surface area contributed by atoms with Gasteiger partial charge in [-0.3, -0.25) is 4.79 Å². The van der Waals surface area contributed by atoms with E-state index in [2.05, 4.69) is 19.2 Å². The monoisotopic (exact) mass is 296 g/mol. The van der Waals surface area contributed by atoms with Crippen LogP contribution in [0.4, 0.5) is 0 Å². The molecule has 1 amide bonds. The molecule has 112 valence electrons. The predicted octanol–water partition coefficient (Wildman–Crippen LogP) is 3.08. The highest BCUT2D eigenvalue weighted by molar-refractivity contribution is 6.30. The van der Waals surface area contributed by atoms with Gasteiger partial charge in [-0.05, 0) is 37.6 Å². The Morgan fingerprint density at radius 3 is 2.25 bits per heavy atom. The largest absolute Gasteiger partial charge is 0.344 e. The predicted molar refractivity (Wildman–Crippen MR) is 85.3 cm³/mol. The average molecular weight is 297 g/mol. The fraction of sp³-hybridized carbons (Fsp3) is 0.562. The second kappa shape index (κ2) is 7.65. The molecule has 0 aromatic heterocycles. The molecule has 1 aromatic rings. The van der Waals surface area contributed by atoms with Crippen molar-refractivity contribution >= 4 is 17.5 Å². The van der Waals surface area contributed by atoms with Gasteiger partial charge in [0.25, 0.3) is 0 Å². The van der Waals surface area contributed by atoms with E-state index >= 15 is 0 Å². The van der Waals surface area contributed by atoms with Gasteiger partial charge in [-0.25, -0.2) is 0 Å². The summed E-state index contributed by atoms with van der Waals surface area (Å²) in [6.45, 7) is 5.65. The van der Waals surface area contributed by atoms with Crippen molar-refractivity contribution in [3.8, 4) is 0 Å². The number of amides is 1. The number of nitrogens with zero attached hydrogens (tertiary/aromatic N) is 1. The fourth-order valence-corrected chi connectivity index (χ4v) is 2.73. The molecule has 0 saturated heterocycles. The van der Waals surface area contributed by atoms with E-state index in [1.807, 2.05) is 43.3 Å². The van der Waals surface area contributed by atoms with Crippen molar-refractivity contribution in [3.63, 3.8) is 0 Å². The van der Waals surface area contributed by atoms with Crippen LogP contribution < -0.4 is 5.32 Å². The molecule has 0 bridgehead atoms. The van der Waals surface area contributed by atoms with Gasteiger partial charge in [0.2, 0.25) is 5.91 Å². The summed E-state index contributed by atoms with van der Waals surface area (Å²) in [5.74, 6) is 0.181. The topological polar surface area (TPSA) is 32.3 Å². The van der Waals surface area contributed by atoms with E-state index in [9.17, 15) is 4.79 Å². The van der Waals surface area contributed by atoms with Gasteiger partial charge < -0.3 is 10.2 Å². The molecule has 0 aliphatic heterocycles. The summed E-state index contributed by atoms with van der Waals surface area (Å²) in [5, 5.41) is 3.78. The highest BCUT2D eigenvalue weighted by atomic mass is 35.5. The molecular formula is C16H25ClN2O. The minimum absolute atomic E-state index is 0.181. The van der Waals surface area contributed by atoms with Crippen LogP contribution in [-0.2, 0) is 10.2 Å². The Morgan fingerprint density at radius 1 is 1.25 bits per heavy atom. The normalized spacial score (nSPS) is 11.4. The first-order valence-electron chi connectivity index (χ1n) is 7.18. The lowest BCUT2D eigenvalue weighted by molar-refractivity contribution is -0.136. The molecule has 0 saturated carbocycles. The zero-order valence-corrected chi connectivity index (χ0v) is 13.6. The van der Waals surface area contributed by atoms with Crippen LogP contribution in [0.25, 0.3) is 0 Å². The second-order valence-electron chi connectivity index (χ2n) is 5.13. The van der Waals surface area contributed by atoms with Gasteiger partial charge in [0.15, 0.2) is 0 Å². The van der Waals surface area contributed by atoms with Gasteiger partial charge in [0.05, 0.1) is 5.41 Å². The lowest BCUT2D eigenvalue weighted by Gasteiger charge is -2.35. The third-order valence-corrected chi connectivity index (χ3v) is 4.31. The molecule has 1 aromatic carbocycles. The fourth-order valence-electron chi connectivity index (χ4n) is 2.60. The highest BCUT2D eigenvalue weighted by Crippen LogP contribution is 2.34. The molecule has 4 heteroatoms. The maximum Gasteiger partial charge on any atom is 0.232 e. The molecule has 20 heavy (non-hydrogen) atoms. The summed E-state index contributed by atoms with van der Waals surface area (Å²) in [6, 6.07) is 7.66. The van der Waals surface area contributed by atoms with Crippen molar-refractivity contribution < 1.29 is 4.79 Å². The van der Waals surface area contributed by atoms with E-state index in [1.165, 1.54) is 0 Å². The molecular weight excluding hydrogens is 272 g/mol. The number of hydrogen-bond donors (Lipinski definition) is 1. The molecule has 0 heterocycles. The van der Waals surface area contributed by atoms with E-state index in [-0.39, 0.29) is 5.91 Å². The lowest BCUT2D eigenvalue weighted by Crippen LogP contribution is -2.46. The highest BCUT2D eigenvalue weighted by Gasteiger charge is 2.38. The van der Waals surface area contributed by atoms with Crippen molar-refractivity contribution in [2.24, 2.45) is 0 Å². The van der Waals surface area contributed by atoms with Crippen molar-refractivity contribution in [2.45, 2.75) is 32.1 Å². The number of likely N-dealkylation sites (N-methyl/N-ethyl adjacent to an activating group) is 2. The summed E-state index contributed by atoms with van der Waals surface area (Å²) in [5.41, 5.74) is 0.598. The van der Waals surface area contributed by atoms with E-state index in [0.29, 0.717) is 11.6 Å². The van der Waals surface area contributed by atoms with Gasteiger partial charge in [0.1, 0.15) is 0 Å². The van der Waals surface area contributed by atoms with Crippen molar-refractivity contribution in [3.05, 3.63) is 34.9 Å². The summed E-state index contributed by atoms with van der Waals surface area (Å²) in [6.07, 6.45) is 1.57. The van der Waals surface area contributed by atoms with Crippen LogP contribution in [0.2, 0.25) is 5.02 Å². The van der Waals surface area contributed by atoms with Gasteiger partial charge >= 0.3 is 0 Å².